The number of likely N-dealkylation sites (N-methyl/N-ethyl adjacent to an activating group) is 1. The fourth-order valence-corrected chi connectivity index (χ4v) is 4.72. The van der Waals surface area contributed by atoms with E-state index in [9.17, 15) is 4.79 Å². The predicted molar refractivity (Wildman–Crippen MR) is 136 cm³/mol. The molecule has 1 aliphatic heterocycles. The number of carbonyl (C=O) groups excluding carboxylic acids is 1. The highest BCUT2D eigenvalue weighted by atomic mass is 16.5. The Balaban J connectivity index is 1.53. The van der Waals surface area contributed by atoms with Crippen LogP contribution >= 0.6 is 0 Å². The van der Waals surface area contributed by atoms with E-state index in [1.165, 1.54) is 11.1 Å². The van der Waals surface area contributed by atoms with E-state index in [1.807, 2.05) is 45.3 Å². The van der Waals surface area contributed by atoms with Crippen LogP contribution < -0.4 is 4.90 Å². The molecule has 1 fully saturated rings. The molecule has 2 aromatic heterocycles. The first kappa shape index (κ1) is 23.9. The molecule has 4 rings (SSSR count). The van der Waals surface area contributed by atoms with E-state index in [-0.39, 0.29) is 12.1 Å². The third kappa shape index (κ3) is 5.28. The molecule has 1 atom stereocenters. The van der Waals surface area contributed by atoms with Crippen LogP contribution in [-0.4, -0.2) is 52.6 Å². The van der Waals surface area contributed by atoms with Crippen LogP contribution in [0.5, 0.6) is 0 Å². The summed E-state index contributed by atoms with van der Waals surface area (Å²) >= 11 is 0. The van der Waals surface area contributed by atoms with Gasteiger partial charge in [0.25, 0.3) is 0 Å². The smallest absolute Gasteiger partial charge is 0.342 e. The molecule has 34 heavy (non-hydrogen) atoms. The van der Waals surface area contributed by atoms with Gasteiger partial charge in [0.05, 0.1) is 6.10 Å². The van der Waals surface area contributed by atoms with Gasteiger partial charge in [-0.1, -0.05) is 37.3 Å². The fourth-order valence-electron chi connectivity index (χ4n) is 4.72. The van der Waals surface area contributed by atoms with Gasteiger partial charge < -0.3 is 9.64 Å². The maximum atomic E-state index is 12.8. The number of benzene rings is 1. The largest absolute Gasteiger partial charge is 0.459 e. The van der Waals surface area contributed by atoms with E-state index >= 15 is 0 Å². The number of hydrogen-bond donors (Lipinski definition) is 0. The van der Waals surface area contributed by atoms with Crippen molar-refractivity contribution in [2.45, 2.75) is 52.8 Å². The maximum absolute atomic E-state index is 12.8. The molecule has 0 N–H and O–H groups in total. The first-order valence-electron chi connectivity index (χ1n) is 12.1. The lowest BCUT2D eigenvalue weighted by Crippen LogP contribution is -2.37. The zero-order valence-electron chi connectivity index (χ0n) is 20.6. The van der Waals surface area contributed by atoms with Crippen molar-refractivity contribution in [3.8, 4) is 11.1 Å². The van der Waals surface area contributed by atoms with Crippen LogP contribution in [0, 0.1) is 6.92 Å². The van der Waals surface area contributed by atoms with Crippen LogP contribution in [0.15, 0.2) is 61.1 Å². The van der Waals surface area contributed by atoms with Crippen molar-refractivity contribution < 1.29 is 9.53 Å². The molecule has 178 valence electrons. The normalized spacial score (nSPS) is 15.8. The maximum Gasteiger partial charge on any atom is 0.342 e. The Hall–Kier alpha value is -3.25. The summed E-state index contributed by atoms with van der Waals surface area (Å²) < 4.78 is 5.53. The number of esters is 1. The summed E-state index contributed by atoms with van der Waals surface area (Å²) in [5.41, 5.74) is 5.15. The number of hydrogen-bond acceptors (Lipinski definition) is 6. The van der Waals surface area contributed by atoms with Crippen LogP contribution in [0.4, 0.5) is 5.82 Å². The molecular formula is C28H34N4O2. The molecule has 3 aromatic rings. The third-order valence-electron chi connectivity index (χ3n) is 6.43. The monoisotopic (exact) mass is 458 g/mol. The number of pyridine rings is 2. The molecule has 6 nitrogen and oxygen atoms in total. The molecule has 0 spiro atoms. The van der Waals surface area contributed by atoms with Gasteiger partial charge in [-0.25, -0.2) is 9.78 Å². The minimum atomic E-state index is -0.295. The van der Waals surface area contributed by atoms with Gasteiger partial charge in [0.2, 0.25) is 0 Å². The van der Waals surface area contributed by atoms with Gasteiger partial charge in [-0.3, -0.25) is 9.88 Å². The van der Waals surface area contributed by atoms with E-state index < -0.39 is 0 Å². The minimum absolute atomic E-state index is 0.165. The van der Waals surface area contributed by atoms with Crippen LogP contribution in [0.2, 0.25) is 0 Å². The van der Waals surface area contributed by atoms with E-state index in [1.54, 1.807) is 6.20 Å². The lowest BCUT2D eigenvalue weighted by molar-refractivity contribution is 0.0377. The van der Waals surface area contributed by atoms with Crippen molar-refractivity contribution in [1.82, 2.24) is 14.9 Å². The van der Waals surface area contributed by atoms with E-state index in [0.29, 0.717) is 11.6 Å². The highest BCUT2D eigenvalue weighted by Crippen LogP contribution is 2.29. The summed E-state index contributed by atoms with van der Waals surface area (Å²) in [5, 5.41) is 0. The highest BCUT2D eigenvalue weighted by Gasteiger charge is 2.31. The number of anilines is 1. The molecule has 1 aromatic carbocycles. The molecule has 0 aliphatic carbocycles. The standard InChI is InChI=1S/C28H34N4O2/c1-5-31(18-23-9-6-7-11-25(23)22-10-8-14-29-17-22)24-13-16-32(19-24)27-26(21(4)12-15-30-27)28(33)34-20(2)3/h6-12,14-15,17,20,24H,5,13,16,18-19H2,1-4H3. The first-order valence-corrected chi connectivity index (χ1v) is 12.1. The second-order valence-electron chi connectivity index (χ2n) is 9.13. The Morgan fingerprint density at radius 2 is 2.00 bits per heavy atom. The number of aromatic nitrogens is 2. The van der Waals surface area contributed by atoms with E-state index in [2.05, 4.69) is 57.0 Å². The predicted octanol–water partition coefficient (Wildman–Crippen LogP) is 5.12. The van der Waals surface area contributed by atoms with Gasteiger partial charge in [-0.2, -0.15) is 0 Å². The topological polar surface area (TPSA) is 58.6 Å². The Morgan fingerprint density at radius 3 is 2.74 bits per heavy atom. The highest BCUT2D eigenvalue weighted by molar-refractivity contribution is 5.96. The number of rotatable bonds is 8. The van der Waals surface area contributed by atoms with Crippen LogP contribution in [0.25, 0.3) is 11.1 Å². The van der Waals surface area contributed by atoms with Gasteiger partial charge in [0.15, 0.2) is 0 Å². The average molecular weight is 459 g/mol. The molecule has 1 aliphatic rings. The Kier molecular flexibility index (Phi) is 7.58. The van der Waals surface area contributed by atoms with Crippen molar-refractivity contribution in [3.05, 3.63) is 77.7 Å². The second kappa shape index (κ2) is 10.8. The summed E-state index contributed by atoms with van der Waals surface area (Å²) in [7, 11) is 0. The molecule has 6 heteroatoms. The second-order valence-corrected chi connectivity index (χ2v) is 9.13. The van der Waals surface area contributed by atoms with Gasteiger partial charge >= 0.3 is 5.97 Å². The average Bonchev–Trinajstić information content (AvgIpc) is 3.32. The van der Waals surface area contributed by atoms with Gasteiger partial charge in [-0.15, -0.1) is 0 Å². The number of ether oxygens (including phenoxy) is 1. The number of carbonyl (C=O) groups is 1. The van der Waals surface area contributed by atoms with Crippen molar-refractivity contribution >= 4 is 11.8 Å². The summed E-state index contributed by atoms with van der Waals surface area (Å²) in [6.45, 7) is 11.4. The quantitative estimate of drug-likeness (QED) is 0.437. The van der Waals surface area contributed by atoms with Crippen LogP contribution in [0.3, 0.4) is 0 Å². The van der Waals surface area contributed by atoms with E-state index in [0.717, 1.165) is 49.5 Å². The molecule has 0 bridgehead atoms. The van der Waals surface area contributed by atoms with Crippen molar-refractivity contribution in [2.75, 3.05) is 24.5 Å². The lowest BCUT2D eigenvalue weighted by Gasteiger charge is -2.29. The van der Waals surface area contributed by atoms with Gasteiger partial charge in [0.1, 0.15) is 11.4 Å². The minimum Gasteiger partial charge on any atom is -0.459 e. The molecule has 1 saturated heterocycles. The SMILES string of the molecule is CCN(Cc1ccccc1-c1cccnc1)C1CCN(c2nccc(C)c2C(=O)OC(C)C)C1. The molecule has 3 heterocycles. The zero-order chi connectivity index (χ0) is 24.1. The lowest BCUT2D eigenvalue weighted by atomic mass is 10.00. The Morgan fingerprint density at radius 1 is 1.18 bits per heavy atom. The van der Waals surface area contributed by atoms with E-state index in [4.69, 9.17) is 4.74 Å². The Labute approximate surface area is 202 Å². The molecule has 0 amide bonds. The van der Waals surface area contributed by atoms with Crippen molar-refractivity contribution in [1.29, 1.82) is 0 Å². The molecule has 0 saturated carbocycles. The summed E-state index contributed by atoms with van der Waals surface area (Å²) in [6, 6.07) is 14.9. The van der Waals surface area contributed by atoms with Gasteiger partial charge in [0, 0.05) is 49.8 Å². The van der Waals surface area contributed by atoms with Crippen LogP contribution in [0.1, 0.15) is 48.7 Å². The third-order valence-corrected chi connectivity index (χ3v) is 6.43. The summed E-state index contributed by atoms with van der Waals surface area (Å²) in [4.78, 5) is 26.5. The molecule has 1 unspecified atom stereocenters. The Bertz CT molecular complexity index is 1120. The van der Waals surface area contributed by atoms with Crippen molar-refractivity contribution in [2.24, 2.45) is 0 Å². The fraction of sp³-hybridized carbons (Fsp3) is 0.393. The molecular weight excluding hydrogens is 424 g/mol. The number of nitrogens with zero attached hydrogens (tertiary/aromatic N) is 4. The molecule has 0 radical (unpaired) electrons. The van der Waals surface area contributed by atoms with Crippen molar-refractivity contribution in [3.63, 3.8) is 0 Å². The summed E-state index contributed by atoms with van der Waals surface area (Å²) in [6.07, 6.45) is 6.38. The summed E-state index contributed by atoms with van der Waals surface area (Å²) in [5.74, 6) is 0.441. The first-order chi connectivity index (χ1) is 16.5. The van der Waals surface area contributed by atoms with Gasteiger partial charge in [-0.05, 0) is 62.6 Å². The number of aryl methyl sites for hydroxylation is 1. The zero-order valence-corrected chi connectivity index (χ0v) is 20.6. The van der Waals surface area contributed by atoms with Crippen LogP contribution in [-0.2, 0) is 11.3 Å².